The molecule has 6 heteroatoms. The van der Waals surface area contributed by atoms with E-state index < -0.39 is 17.4 Å². The van der Waals surface area contributed by atoms with Crippen molar-refractivity contribution in [3.05, 3.63) is 0 Å². The number of nitrogens with two attached hydrogens (primary N) is 2. The van der Waals surface area contributed by atoms with Crippen molar-refractivity contribution in [3.63, 3.8) is 0 Å². The van der Waals surface area contributed by atoms with Crippen LogP contribution in [0.15, 0.2) is 0 Å². The summed E-state index contributed by atoms with van der Waals surface area (Å²) < 4.78 is 4.58. The first kappa shape index (κ1) is 14.9. The Bertz CT molecular complexity index is 254. The monoisotopic (exact) mass is 231 g/mol. The first-order valence-corrected chi connectivity index (χ1v) is 5.19. The van der Waals surface area contributed by atoms with E-state index in [1.165, 1.54) is 7.11 Å². The van der Waals surface area contributed by atoms with Gasteiger partial charge in [0.25, 0.3) is 0 Å². The smallest absolute Gasteiger partial charge is 0.325 e. The van der Waals surface area contributed by atoms with E-state index in [4.69, 9.17) is 11.5 Å². The first-order chi connectivity index (χ1) is 7.35. The summed E-state index contributed by atoms with van der Waals surface area (Å²) in [4.78, 5) is 22.2. The number of carbonyl (C=O) groups is 2. The molecule has 0 aromatic rings. The standard InChI is InChI=1S/C10H21N3O3/c1-10(12,9(15)16-3)6-4-5-7(13-2)8(11)14/h7,13H,4-6,12H2,1-3H3,(H2,11,14). The third kappa shape index (κ3) is 4.59. The minimum atomic E-state index is -1.01. The first-order valence-electron chi connectivity index (χ1n) is 5.19. The third-order valence-electron chi connectivity index (χ3n) is 2.53. The van der Waals surface area contributed by atoms with Gasteiger partial charge in [0.1, 0.15) is 5.54 Å². The van der Waals surface area contributed by atoms with Gasteiger partial charge in [-0.1, -0.05) is 0 Å². The number of primary amides is 1. The fourth-order valence-corrected chi connectivity index (χ4v) is 1.44. The van der Waals surface area contributed by atoms with Crippen molar-refractivity contribution in [1.82, 2.24) is 5.32 Å². The van der Waals surface area contributed by atoms with Crippen LogP contribution in [0, 0.1) is 0 Å². The van der Waals surface area contributed by atoms with Crippen molar-refractivity contribution < 1.29 is 14.3 Å². The maximum atomic E-state index is 11.3. The van der Waals surface area contributed by atoms with Gasteiger partial charge in [-0.3, -0.25) is 9.59 Å². The number of amides is 1. The Labute approximate surface area is 95.7 Å². The van der Waals surface area contributed by atoms with Crippen molar-refractivity contribution in [2.45, 2.75) is 37.8 Å². The lowest BCUT2D eigenvalue weighted by Gasteiger charge is -2.22. The zero-order valence-electron chi connectivity index (χ0n) is 10.1. The highest BCUT2D eigenvalue weighted by atomic mass is 16.5. The lowest BCUT2D eigenvalue weighted by Crippen LogP contribution is -2.46. The second-order valence-corrected chi connectivity index (χ2v) is 4.04. The maximum Gasteiger partial charge on any atom is 0.325 e. The summed E-state index contributed by atoms with van der Waals surface area (Å²) in [5.74, 6) is -0.855. The number of esters is 1. The van der Waals surface area contributed by atoms with Crippen LogP contribution < -0.4 is 16.8 Å². The Balaban J connectivity index is 4.06. The van der Waals surface area contributed by atoms with Crippen LogP contribution in [0.5, 0.6) is 0 Å². The minimum absolute atomic E-state index is 0.381. The fraction of sp³-hybridized carbons (Fsp3) is 0.800. The number of rotatable bonds is 7. The second-order valence-electron chi connectivity index (χ2n) is 4.04. The second kappa shape index (κ2) is 6.44. The SMILES string of the molecule is CNC(CCCC(C)(N)C(=O)OC)C(N)=O. The van der Waals surface area contributed by atoms with E-state index in [1.54, 1.807) is 14.0 Å². The van der Waals surface area contributed by atoms with Crippen molar-refractivity contribution in [2.75, 3.05) is 14.2 Å². The number of carbonyl (C=O) groups excluding carboxylic acids is 2. The molecule has 0 aromatic heterocycles. The average Bonchev–Trinajstić information content (AvgIpc) is 2.22. The van der Waals surface area contributed by atoms with Gasteiger partial charge in [-0.15, -0.1) is 0 Å². The van der Waals surface area contributed by atoms with Crippen molar-refractivity contribution in [2.24, 2.45) is 11.5 Å². The molecule has 2 atom stereocenters. The zero-order valence-corrected chi connectivity index (χ0v) is 10.1. The average molecular weight is 231 g/mol. The molecule has 0 aromatic carbocycles. The van der Waals surface area contributed by atoms with Gasteiger partial charge >= 0.3 is 5.97 Å². The van der Waals surface area contributed by atoms with Crippen LogP contribution in [0.1, 0.15) is 26.2 Å². The molecule has 5 N–H and O–H groups in total. The molecule has 0 aliphatic heterocycles. The summed E-state index contributed by atoms with van der Waals surface area (Å²) >= 11 is 0. The van der Waals surface area contributed by atoms with Crippen molar-refractivity contribution in [3.8, 4) is 0 Å². The molecule has 0 rings (SSSR count). The Morgan fingerprint density at radius 3 is 2.44 bits per heavy atom. The highest BCUT2D eigenvalue weighted by molar-refractivity contribution is 5.80. The molecule has 0 spiro atoms. The molecule has 0 saturated carbocycles. The van der Waals surface area contributed by atoms with Crippen LogP contribution in [-0.2, 0) is 14.3 Å². The van der Waals surface area contributed by atoms with Gasteiger partial charge in [0.2, 0.25) is 5.91 Å². The molecular formula is C10H21N3O3. The molecule has 0 saturated heterocycles. The normalized spacial score (nSPS) is 16.2. The Morgan fingerprint density at radius 1 is 1.50 bits per heavy atom. The minimum Gasteiger partial charge on any atom is -0.468 e. The molecule has 6 nitrogen and oxygen atoms in total. The van der Waals surface area contributed by atoms with E-state index in [2.05, 4.69) is 10.1 Å². The Hall–Kier alpha value is -1.14. The summed E-state index contributed by atoms with van der Waals surface area (Å²) in [6.45, 7) is 1.61. The highest BCUT2D eigenvalue weighted by Crippen LogP contribution is 2.13. The molecule has 2 unspecified atom stereocenters. The van der Waals surface area contributed by atoms with E-state index >= 15 is 0 Å². The van der Waals surface area contributed by atoms with E-state index in [0.29, 0.717) is 19.3 Å². The Morgan fingerprint density at radius 2 is 2.06 bits per heavy atom. The van der Waals surface area contributed by atoms with Crippen LogP contribution in [0.3, 0.4) is 0 Å². The third-order valence-corrected chi connectivity index (χ3v) is 2.53. The summed E-state index contributed by atoms with van der Waals surface area (Å²) in [7, 11) is 2.96. The highest BCUT2D eigenvalue weighted by Gasteiger charge is 2.29. The molecule has 0 heterocycles. The lowest BCUT2D eigenvalue weighted by molar-refractivity contribution is -0.146. The number of methoxy groups -OCH3 is 1. The number of hydrogen-bond donors (Lipinski definition) is 3. The maximum absolute atomic E-state index is 11.3. The molecule has 94 valence electrons. The predicted octanol–water partition coefficient (Wildman–Crippen LogP) is -0.880. The van der Waals surface area contributed by atoms with Gasteiger partial charge in [0, 0.05) is 0 Å². The van der Waals surface area contributed by atoms with Crippen molar-refractivity contribution >= 4 is 11.9 Å². The molecule has 0 bridgehead atoms. The van der Waals surface area contributed by atoms with Crippen molar-refractivity contribution in [1.29, 1.82) is 0 Å². The number of ether oxygens (including phenoxy) is 1. The lowest BCUT2D eigenvalue weighted by atomic mass is 9.94. The predicted molar refractivity (Wildman–Crippen MR) is 60.5 cm³/mol. The van der Waals surface area contributed by atoms with Gasteiger partial charge in [-0.2, -0.15) is 0 Å². The van der Waals surface area contributed by atoms with E-state index in [-0.39, 0.29) is 6.04 Å². The molecule has 16 heavy (non-hydrogen) atoms. The number of nitrogens with one attached hydrogen (secondary N) is 1. The topological polar surface area (TPSA) is 107 Å². The van der Waals surface area contributed by atoms with Gasteiger partial charge in [-0.05, 0) is 33.2 Å². The van der Waals surface area contributed by atoms with Crippen LogP contribution in [0.4, 0.5) is 0 Å². The quantitative estimate of drug-likeness (QED) is 0.493. The van der Waals surface area contributed by atoms with Crippen LogP contribution >= 0.6 is 0 Å². The summed E-state index contributed by atoms with van der Waals surface area (Å²) in [5, 5.41) is 2.80. The zero-order chi connectivity index (χ0) is 12.8. The summed E-state index contributed by atoms with van der Waals surface area (Å²) in [6.07, 6.45) is 1.62. The fourth-order valence-electron chi connectivity index (χ4n) is 1.44. The van der Waals surface area contributed by atoms with E-state index in [0.717, 1.165) is 0 Å². The van der Waals surface area contributed by atoms with Crippen LogP contribution in [0.2, 0.25) is 0 Å². The summed E-state index contributed by atoms with van der Waals surface area (Å²) in [5.41, 5.74) is 9.91. The van der Waals surface area contributed by atoms with Gasteiger partial charge < -0.3 is 21.5 Å². The van der Waals surface area contributed by atoms with Gasteiger partial charge in [0.15, 0.2) is 0 Å². The largest absolute Gasteiger partial charge is 0.468 e. The molecule has 0 aliphatic carbocycles. The molecule has 0 fully saturated rings. The molecular weight excluding hydrogens is 210 g/mol. The van der Waals surface area contributed by atoms with Crippen LogP contribution in [-0.4, -0.2) is 37.6 Å². The van der Waals surface area contributed by atoms with Gasteiger partial charge in [0.05, 0.1) is 13.2 Å². The molecule has 0 aliphatic rings. The summed E-state index contributed by atoms with van der Waals surface area (Å²) in [6, 6.07) is -0.381. The van der Waals surface area contributed by atoms with Crippen LogP contribution in [0.25, 0.3) is 0 Å². The van der Waals surface area contributed by atoms with E-state index in [1.807, 2.05) is 0 Å². The van der Waals surface area contributed by atoms with E-state index in [9.17, 15) is 9.59 Å². The molecule has 1 amide bonds. The number of likely N-dealkylation sites (N-methyl/N-ethyl adjacent to an activating group) is 1. The Kier molecular flexibility index (Phi) is 5.98. The molecule has 0 radical (unpaired) electrons. The number of hydrogen-bond acceptors (Lipinski definition) is 5. The van der Waals surface area contributed by atoms with Gasteiger partial charge in [-0.25, -0.2) is 0 Å².